The minimum atomic E-state index is 0.0695. The van der Waals surface area contributed by atoms with Crippen molar-refractivity contribution in [3.63, 3.8) is 0 Å². The van der Waals surface area contributed by atoms with Gasteiger partial charge in [0.25, 0.3) is 0 Å². The van der Waals surface area contributed by atoms with Gasteiger partial charge in [-0.15, -0.1) is 0 Å². The predicted octanol–water partition coefficient (Wildman–Crippen LogP) is 1.54. The molecular weight excluding hydrogens is 238 g/mol. The first-order valence-corrected chi connectivity index (χ1v) is 6.85. The van der Waals surface area contributed by atoms with Gasteiger partial charge in [-0.05, 0) is 50.6 Å². The molecule has 0 aromatic heterocycles. The Balaban J connectivity index is 1.86. The quantitative estimate of drug-likeness (QED) is 0.864. The first-order chi connectivity index (χ1) is 9.08. The normalized spacial score (nSPS) is 19.6. The Morgan fingerprint density at radius 3 is 2.79 bits per heavy atom. The molecule has 4 nitrogen and oxygen atoms in total. The zero-order chi connectivity index (χ0) is 13.8. The fourth-order valence-corrected chi connectivity index (χ4v) is 2.43. The number of likely N-dealkylation sites (tertiary alicyclic amines) is 1. The number of nitrogens with zero attached hydrogens (tertiary/aromatic N) is 1. The fourth-order valence-electron chi connectivity index (χ4n) is 2.43. The standard InChI is InChI=1S/C15H23N3O/c1-11-4-5-13(8-12(11)2)17-15(19)10-18-7-6-14(9-18)16-3/h4-5,8,14,16H,6-7,9-10H2,1-3H3,(H,17,19). The monoisotopic (exact) mass is 261 g/mol. The van der Waals surface area contributed by atoms with Gasteiger partial charge in [0.2, 0.25) is 5.91 Å². The molecule has 0 aliphatic carbocycles. The average molecular weight is 261 g/mol. The molecule has 1 aliphatic heterocycles. The summed E-state index contributed by atoms with van der Waals surface area (Å²) in [5.41, 5.74) is 3.33. The molecule has 2 rings (SSSR count). The van der Waals surface area contributed by atoms with E-state index in [0.717, 1.165) is 25.2 Å². The third-order valence-corrected chi connectivity index (χ3v) is 3.84. The summed E-state index contributed by atoms with van der Waals surface area (Å²) in [6.45, 7) is 6.56. The van der Waals surface area contributed by atoms with Crippen LogP contribution in [0.5, 0.6) is 0 Å². The number of carbonyl (C=O) groups is 1. The number of likely N-dealkylation sites (N-methyl/N-ethyl adjacent to an activating group) is 1. The van der Waals surface area contributed by atoms with Crippen LogP contribution < -0.4 is 10.6 Å². The maximum atomic E-state index is 12.0. The van der Waals surface area contributed by atoms with Gasteiger partial charge in [-0.1, -0.05) is 6.07 Å². The van der Waals surface area contributed by atoms with Crippen molar-refractivity contribution >= 4 is 11.6 Å². The largest absolute Gasteiger partial charge is 0.325 e. The molecule has 1 amide bonds. The van der Waals surface area contributed by atoms with Crippen molar-refractivity contribution in [2.75, 3.05) is 32.0 Å². The van der Waals surface area contributed by atoms with Crippen LogP contribution in [0.25, 0.3) is 0 Å². The minimum Gasteiger partial charge on any atom is -0.325 e. The maximum absolute atomic E-state index is 12.0. The van der Waals surface area contributed by atoms with Crippen molar-refractivity contribution in [1.82, 2.24) is 10.2 Å². The van der Waals surface area contributed by atoms with Crippen molar-refractivity contribution < 1.29 is 4.79 Å². The van der Waals surface area contributed by atoms with Crippen LogP contribution in [0, 0.1) is 13.8 Å². The van der Waals surface area contributed by atoms with Crippen molar-refractivity contribution in [3.8, 4) is 0 Å². The molecule has 1 unspecified atom stereocenters. The number of rotatable bonds is 4. The summed E-state index contributed by atoms with van der Waals surface area (Å²) in [5.74, 6) is 0.0695. The Kier molecular flexibility index (Phi) is 4.56. The van der Waals surface area contributed by atoms with E-state index in [-0.39, 0.29) is 5.91 Å². The molecule has 0 saturated carbocycles. The van der Waals surface area contributed by atoms with Gasteiger partial charge in [0.15, 0.2) is 0 Å². The van der Waals surface area contributed by atoms with Crippen LogP contribution in [-0.2, 0) is 4.79 Å². The van der Waals surface area contributed by atoms with E-state index < -0.39 is 0 Å². The third-order valence-electron chi connectivity index (χ3n) is 3.84. The Bertz CT molecular complexity index is 459. The summed E-state index contributed by atoms with van der Waals surface area (Å²) in [5, 5.41) is 6.23. The lowest BCUT2D eigenvalue weighted by Crippen LogP contribution is -2.34. The molecule has 2 N–H and O–H groups in total. The first-order valence-electron chi connectivity index (χ1n) is 6.85. The number of hydrogen-bond acceptors (Lipinski definition) is 3. The molecule has 1 fully saturated rings. The molecule has 19 heavy (non-hydrogen) atoms. The smallest absolute Gasteiger partial charge is 0.238 e. The Morgan fingerprint density at radius 2 is 2.16 bits per heavy atom. The SMILES string of the molecule is CNC1CCN(CC(=O)Nc2ccc(C)c(C)c2)C1. The number of nitrogens with one attached hydrogen (secondary N) is 2. The van der Waals surface area contributed by atoms with Gasteiger partial charge in [-0.25, -0.2) is 0 Å². The molecule has 1 saturated heterocycles. The summed E-state index contributed by atoms with van der Waals surface area (Å²) < 4.78 is 0. The van der Waals surface area contributed by atoms with Gasteiger partial charge in [0, 0.05) is 24.8 Å². The van der Waals surface area contributed by atoms with Gasteiger partial charge in [0.1, 0.15) is 0 Å². The summed E-state index contributed by atoms with van der Waals surface area (Å²) in [6.07, 6.45) is 1.12. The lowest BCUT2D eigenvalue weighted by atomic mass is 10.1. The summed E-state index contributed by atoms with van der Waals surface area (Å²) in [6, 6.07) is 6.54. The van der Waals surface area contributed by atoms with Crippen molar-refractivity contribution in [2.45, 2.75) is 26.3 Å². The van der Waals surface area contributed by atoms with Crippen molar-refractivity contribution in [1.29, 1.82) is 0 Å². The fraction of sp³-hybridized carbons (Fsp3) is 0.533. The van der Waals surface area contributed by atoms with E-state index in [2.05, 4.69) is 29.4 Å². The molecule has 104 valence electrons. The maximum Gasteiger partial charge on any atom is 0.238 e. The second kappa shape index (κ2) is 6.17. The summed E-state index contributed by atoms with van der Waals surface area (Å²) in [4.78, 5) is 14.2. The van der Waals surface area contributed by atoms with E-state index in [4.69, 9.17) is 0 Å². The molecule has 4 heteroatoms. The van der Waals surface area contributed by atoms with E-state index in [1.54, 1.807) is 0 Å². The molecule has 1 aromatic carbocycles. The molecule has 1 aromatic rings. The van der Waals surface area contributed by atoms with Crippen LogP contribution in [-0.4, -0.2) is 43.5 Å². The highest BCUT2D eigenvalue weighted by atomic mass is 16.2. The topological polar surface area (TPSA) is 44.4 Å². The molecule has 1 aliphatic rings. The number of benzene rings is 1. The highest BCUT2D eigenvalue weighted by molar-refractivity contribution is 5.92. The van der Waals surface area contributed by atoms with E-state index in [1.807, 2.05) is 25.2 Å². The van der Waals surface area contributed by atoms with Crippen LogP contribution in [0.15, 0.2) is 18.2 Å². The second-order valence-electron chi connectivity index (χ2n) is 5.36. The van der Waals surface area contributed by atoms with Crippen molar-refractivity contribution in [2.24, 2.45) is 0 Å². The second-order valence-corrected chi connectivity index (χ2v) is 5.36. The van der Waals surface area contributed by atoms with Crippen LogP contribution >= 0.6 is 0 Å². The molecule has 0 radical (unpaired) electrons. The van der Waals surface area contributed by atoms with Crippen molar-refractivity contribution in [3.05, 3.63) is 29.3 Å². The predicted molar refractivity (Wildman–Crippen MR) is 78.5 cm³/mol. The van der Waals surface area contributed by atoms with Crippen LogP contribution in [0.4, 0.5) is 5.69 Å². The molecule has 0 bridgehead atoms. The zero-order valence-corrected chi connectivity index (χ0v) is 12.0. The minimum absolute atomic E-state index is 0.0695. The Labute approximate surface area is 115 Å². The van der Waals surface area contributed by atoms with Gasteiger partial charge >= 0.3 is 0 Å². The first kappa shape index (κ1) is 14.0. The zero-order valence-electron chi connectivity index (χ0n) is 12.0. The number of aryl methyl sites for hydroxylation is 2. The van der Waals surface area contributed by atoms with Gasteiger partial charge in [0.05, 0.1) is 6.54 Å². The lowest BCUT2D eigenvalue weighted by molar-refractivity contribution is -0.117. The van der Waals surface area contributed by atoms with E-state index in [9.17, 15) is 4.79 Å². The average Bonchev–Trinajstić information content (AvgIpc) is 2.81. The number of hydrogen-bond donors (Lipinski definition) is 2. The Morgan fingerprint density at radius 1 is 1.37 bits per heavy atom. The van der Waals surface area contributed by atoms with Gasteiger partial charge < -0.3 is 10.6 Å². The summed E-state index contributed by atoms with van der Waals surface area (Å²) in [7, 11) is 1.98. The molecule has 1 atom stereocenters. The van der Waals surface area contributed by atoms with Gasteiger partial charge in [-0.3, -0.25) is 9.69 Å². The summed E-state index contributed by atoms with van der Waals surface area (Å²) >= 11 is 0. The van der Waals surface area contributed by atoms with Crippen LogP contribution in [0.1, 0.15) is 17.5 Å². The Hall–Kier alpha value is -1.39. The number of anilines is 1. The van der Waals surface area contributed by atoms with Crippen LogP contribution in [0.3, 0.4) is 0 Å². The number of carbonyl (C=O) groups excluding carboxylic acids is 1. The van der Waals surface area contributed by atoms with E-state index in [1.165, 1.54) is 11.1 Å². The van der Waals surface area contributed by atoms with E-state index >= 15 is 0 Å². The highest BCUT2D eigenvalue weighted by Crippen LogP contribution is 2.14. The highest BCUT2D eigenvalue weighted by Gasteiger charge is 2.22. The lowest BCUT2D eigenvalue weighted by Gasteiger charge is -2.15. The molecular formula is C15H23N3O. The molecule has 0 spiro atoms. The molecule has 1 heterocycles. The third kappa shape index (κ3) is 3.78. The number of amides is 1. The van der Waals surface area contributed by atoms with E-state index in [0.29, 0.717) is 12.6 Å². The van der Waals surface area contributed by atoms with Crippen LogP contribution in [0.2, 0.25) is 0 Å². The van der Waals surface area contributed by atoms with Gasteiger partial charge in [-0.2, -0.15) is 0 Å².